The van der Waals surface area contributed by atoms with Gasteiger partial charge in [-0.05, 0) is 18.1 Å². The van der Waals surface area contributed by atoms with E-state index in [1.54, 1.807) is 0 Å². The molecule has 0 N–H and O–H groups in total. The van der Waals surface area contributed by atoms with Gasteiger partial charge < -0.3 is 4.74 Å². The minimum atomic E-state index is 0.305. The molecule has 0 bridgehead atoms. The van der Waals surface area contributed by atoms with Crippen molar-refractivity contribution in [1.82, 2.24) is 0 Å². The van der Waals surface area contributed by atoms with Crippen LogP contribution in [0.5, 0.6) is 5.75 Å². The summed E-state index contributed by atoms with van der Waals surface area (Å²) in [4.78, 5) is 0. The first kappa shape index (κ1) is 7.93. The van der Waals surface area contributed by atoms with Crippen LogP contribution in [0.25, 0.3) is 0 Å². The molecule has 0 aromatic heterocycles. The van der Waals surface area contributed by atoms with Gasteiger partial charge in [0.05, 0.1) is 0 Å². The maximum atomic E-state index is 5.66. The van der Waals surface area contributed by atoms with Gasteiger partial charge in [-0.1, -0.05) is 18.2 Å². The summed E-state index contributed by atoms with van der Waals surface area (Å²) in [5, 5.41) is 0. The standard InChI is InChI=1S/C10H11ClO/c11-6-5-9-7-8-3-1-2-4-10(8)12-9/h1-4,9H,5-7H2. The Balaban J connectivity index is 2.11. The predicted octanol–water partition coefficient (Wildman–Crippen LogP) is 2.62. The summed E-state index contributed by atoms with van der Waals surface area (Å²) in [6, 6.07) is 8.18. The molecular formula is C10H11ClO. The minimum Gasteiger partial charge on any atom is -0.490 e. The van der Waals surface area contributed by atoms with Gasteiger partial charge in [0, 0.05) is 12.3 Å². The van der Waals surface area contributed by atoms with Gasteiger partial charge in [0.2, 0.25) is 0 Å². The number of ether oxygens (including phenoxy) is 1. The zero-order chi connectivity index (χ0) is 8.39. The average Bonchev–Trinajstić information content (AvgIpc) is 2.47. The summed E-state index contributed by atoms with van der Waals surface area (Å²) >= 11 is 5.64. The van der Waals surface area contributed by atoms with Crippen molar-refractivity contribution in [2.45, 2.75) is 18.9 Å². The molecule has 1 heterocycles. The number of halogens is 1. The largest absolute Gasteiger partial charge is 0.490 e. The van der Waals surface area contributed by atoms with Gasteiger partial charge >= 0.3 is 0 Å². The molecule has 0 saturated carbocycles. The van der Waals surface area contributed by atoms with Crippen LogP contribution in [-0.4, -0.2) is 12.0 Å². The molecule has 12 heavy (non-hydrogen) atoms. The fourth-order valence-electron chi connectivity index (χ4n) is 1.54. The lowest BCUT2D eigenvalue weighted by Crippen LogP contribution is -2.12. The molecule has 0 spiro atoms. The van der Waals surface area contributed by atoms with E-state index >= 15 is 0 Å². The molecule has 1 atom stereocenters. The van der Waals surface area contributed by atoms with E-state index in [9.17, 15) is 0 Å². The first-order chi connectivity index (χ1) is 5.90. The lowest BCUT2D eigenvalue weighted by Gasteiger charge is -2.06. The van der Waals surface area contributed by atoms with E-state index in [0.717, 1.165) is 18.6 Å². The number of benzene rings is 1. The van der Waals surface area contributed by atoms with E-state index in [-0.39, 0.29) is 0 Å². The number of alkyl halides is 1. The molecule has 1 unspecified atom stereocenters. The Morgan fingerprint density at radius 2 is 2.25 bits per heavy atom. The summed E-state index contributed by atoms with van der Waals surface area (Å²) in [7, 11) is 0. The zero-order valence-corrected chi connectivity index (χ0v) is 7.55. The van der Waals surface area contributed by atoms with Gasteiger partial charge in [0.25, 0.3) is 0 Å². The number of fused-ring (bicyclic) bond motifs is 1. The van der Waals surface area contributed by atoms with Crippen molar-refractivity contribution in [3.8, 4) is 5.75 Å². The van der Waals surface area contributed by atoms with Crippen LogP contribution < -0.4 is 4.74 Å². The molecule has 0 fully saturated rings. The highest BCUT2D eigenvalue weighted by molar-refractivity contribution is 6.17. The van der Waals surface area contributed by atoms with Crippen molar-refractivity contribution >= 4 is 11.6 Å². The summed E-state index contributed by atoms with van der Waals surface area (Å²) in [6.45, 7) is 0. The Hall–Kier alpha value is -0.690. The third-order valence-electron chi connectivity index (χ3n) is 2.14. The third kappa shape index (κ3) is 1.42. The smallest absolute Gasteiger partial charge is 0.123 e. The second-order valence-electron chi connectivity index (χ2n) is 3.03. The first-order valence-corrected chi connectivity index (χ1v) is 4.74. The molecule has 64 valence electrons. The maximum absolute atomic E-state index is 5.66. The SMILES string of the molecule is ClCCC1Cc2ccccc2O1. The Morgan fingerprint density at radius 1 is 1.42 bits per heavy atom. The normalized spacial score (nSPS) is 20.2. The highest BCUT2D eigenvalue weighted by Gasteiger charge is 2.20. The van der Waals surface area contributed by atoms with Crippen LogP contribution in [0.2, 0.25) is 0 Å². The monoisotopic (exact) mass is 182 g/mol. The molecule has 2 heteroatoms. The van der Waals surface area contributed by atoms with Gasteiger partial charge in [-0.3, -0.25) is 0 Å². The Kier molecular flexibility index (Phi) is 2.22. The van der Waals surface area contributed by atoms with Crippen LogP contribution >= 0.6 is 11.6 Å². The van der Waals surface area contributed by atoms with Crippen LogP contribution in [0, 0.1) is 0 Å². The summed E-state index contributed by atoms with van der Waals surface area (Å²) in [5.74, 6) is 1.71. The maximum Gasteiger partial charge on any atom is 0.123 e. The van der Waals surface area contributed by atoms with Gasteiger partial charge in [-0.25, -0.2) is 0 Å². The summed E-state index contributed by atoms with van der Waals surface area (Å²) in [5.41, 5.74) is 1.31. The van der Waals surface area contributed by atoms with E-state index in [0.29, 0.717) is 12.0 Å². The Labute approximate surface area is 77.3 Å². The molecule has 0 radical (unpaired) electrons. The van der Waals surface area contributed by atoms with Gasteiger partial charge in [0.15, 0.2) is 0 Å². The van der Waals surface area contributed by atoms with Crippen molar-refractivity contribution in [1.29, 1.82) is 0 Å². The molecular weight excluding hydrogens is 172 g/mol. The number of hydrogen-bond acceptors (Lipinski definition) is 1. The first-order valence-electron chi connectivity index (χ1n) is 4.20. The van der Waals surface area contributed by atoms with Crippen molar-refractivity contribution in [3.05, 3.63) is 29.8 Å². The van der Waals surface area contributed by atoms with E-state index < -0.39 is 0 Å². The van der Waals surface area contributed by atoms with Crippen molar-refractivity contribution in [2.75, 3.05) is 5.88 Å². The van der Waals surface area contributed by atoms with Crippen molar-refractivity contribution in [3.63, 3.8) is 0 Å². The van der Waals surface area contributed by atoms with E-state index in [2.05, 4.69) is 6.07 Å². The van der Waals surface area contributed by atoms with Crippen LogP contribution in [0.4, 0.5) is 0 Å². The topological polar surface area (TPSA) is 9.23 Å². The quantitative estimate of drug-likeness (QED) is 0.639. The van der Waals surface area contributed by atoms with Crippen LogP contribution in [0.3, 0.4) is 0 Å². The molecule has 0 saturated heterocycles. The van der Waals surface area contributed by atoms with Crippen LogP contribution in [0.15, 0.2) is 24.3 Å². The highest BCUT2D eigenvalue weighted by atomic mass is 35.5. The molecule has 2 rings (SSSR count). The molecule has 1 nitrogen and oxygen atoms in total. The lowest BCUT2D eigenvalue weighted by atomic mass is 10.1. The number of hydrogen-bond donors (Lipinski definition) is 0. The molecule has 1 aliphatic rings. The second-order valence-corrected chi connectivity index (χ2v) is 3.41. The van der Waals surface area contributed by atoms with Crippen LogP contribution in [-0.2, 0) is 6.42 Å². The molecule has 0 aliphatic carbocycles. The lowest BCUT2D eigenvalue weighted by molar-refractivity contribution is 0.229. The minimum absolute atomic E-state index is 0.305. The molecule has 1 aromatic rings. The zero-order valence-electron chi connectivity index (χ0n) is 6.79. The summed E-state index contributed by atoms with van der Waals surface area (Å²) < 4.78 is 5.66. The fourth-order valence-corrected chi connectivity index (χ4v) is 1.78. The van der Waals surface area contributed by atoms with E-state index in [1.165, 1.54) is 5.56 Å². The van der Waals surface area contributed by atoms with Crippen molar-refractivity contribution < 1.29 is 4.74 Å². The van der Waals surface area contributed by atoms with Gasteiger partial charge in [-0.2, -0.15) is 0 Å². The van der Waals surface area contributed by atoms with Crippen molar-refractivity contribution in [2.24, 2.45) is 0 Å². The third-order valence-corrected chi connectivity index (χ3v) is 2.36. The molecule has 0 amide bonds. The Bertz CT molecular complexity index is 247. The van der Waals surface area contributed by atoms with Gasteiger partial charge in [0.1, 0.15) is 11.9 Å². The number of para-hydroxylation sites is 1. The predicted molar refractivity (Wildman–Crippen MR) is 49.9 cm³/mol. The summed E-state index contributed by atoms with van der Waals surface area (Å²) in [6.07, 6.45) is 2.26. The number of rotatable bonds is 2. The van der Waals surface area contributed by atoms with E-state index in [4.69, 9.17) is 16.3 Å². The fraction of sp³-hybridized carbons (Fsp3) is 0.400. The van der Waals surface area contributed by atoms with Gasteiger partial charge in [-0.15, -0.1) is 11.6 Å². The van der Waals surface area contributed by atoms with Crippen LogP contribution in [0.1, 0.15) is 12.0 Å². The average molecular weight is 183 g/mol. The Morgan fingerprint density at radius 3 is 3.00 bits per heavy atom. The second kappa shape index (κ2) is 3.36. The molecule has 1 aromatic carbocycles. The highest BCUT2D eigenvalue weighted by Crippen LogP contribution is 2.29. The van der Waals surface area contributed by atoms with E-state index in [1.807, 2.05) is 18.2 Å². The molecule has 1 aliphatic heterocycles.